The largest absolute Gasteiger partial charge is 0.461 e. The summed E-state index contributed by atoms with van der Waals surface area (Å²) in [5.41, 5.74) is 0. The molecule has 0 radical (unpaired) electrons. The second-order valence-electron chi connectivity index (χ2n) is 2.71. The van der Waals surface area contributed by atoms with Gasteiger partial charge in [0, 0.05) is 0 Å². The standard InChI is InChI=1S/C8H10F4O3/c1-2-3-5(13)4-15-7(14)6(9)8(10,11)12/h2,5-6,13H,1,3-4H2. The SMILES string of the molecule is C=CCC(O)COC(=O)C(F)C(F)(F)F. The van der Waals surface area contributed by atoms with Crippen molar-refractivity contribution in [3.8, 4) is 0 Å². The highest BCUT2D eigenvalue weighted by molar-refractivity contribution is 5.75. The number of rotatable bonds is 5. The van der Waals surface area contributed by atoms with Gasteiger partial charge in [0.2, 0.25) is 0 Å². The number of halogens is 4. The molecule has 0 spiro atoms. The summed E-state index contributed by atoms with van der Waals surface area (Å²) in [6, 6.07) is 0. The molecule has 2 atom stereocenters. The van der Waals surface area contributed by atoms with Crippen molar-refractivity contribution in [2.75, 3.05) is 6.61 Å². The second-order valence-corrected chi connectivity index (χ2v) is 2.71. The van der Waals surface area contributed by atoms with Crippen molar-refractivity contribution in [3.05, 3.63) is 12.7 Å². The molecule has 88 valence electrons. The number of aliphatic hydroxyl groups is 1. The first-order chi connectivity index (χ1) is 6.79. The van der Waals surface area contributed by atoms with E-state index < -0.39 is 31.0 Å². The van der Waals surface area contributed by atoms with Gasteiger partial charge in [-0.1, -0.05) is 6.08 Å². The maximum atomic E-state index is 12.2. The van der Waals surface area contributed by atoms with Gasteiger partial charge in [0.1, 0.15) is 6.61 Å². The van der Waals surface area contributed by atoms with Gasteiger partial charge < -0.3 is 9.84 Å². The Balaban J connectivity index is 3.99. The van der Waals surface area contributed by atoms with Crippen LogP contribution in [0.4, 0.5) is 17.6 Å². The van der Waals surface area contributed by atoms with Crippen LogP contribution in [-0.4, -0.2) is 36.1 Å². The van der Waals surface area contributed by atoms with Crippen LogP contribution in [0.3, 0.4) is 0 Å². The molecule has 3 nitrogen and oxygen atoms in total. The van der Waals surface area contributed by atoms with E-state index in [9.17, 15) is 22.4 Å². The molecule has 1 N–H and O–H groups in total. The summed E-state index contributed by atoms with van der Waals surface area (Å²) < 4.78 is 51.0. The van der Waals surface area contributed by atoms with Crippen LogP contribution in [-0.2, 0) is 9.53 Å². The Kier molecular flexibility index (Phi) is 5.27. The lowest BCUT2D eigenvalue weighted by Crippen LogP contribution is -2.35. The zero-order valence-corrected chi connectivity index (χ0v) is 7.63. The number of hydrogen-bond acceptors (Lipinski definition) is 3. The summed E-state index contributed by atoms with van der Waals surface area (Å²) in [7, 11) is 0. The van der Waals surface area contributed by atoms with Crippen LogP contribution in [0.15, 0.2) is 12.7 Å². The van der Waals surface area contributed by atoms with Gasteiger partial charge in [-0.05, 0) is 6.42 Å². The maximum Gasteiger partial charge on any atom is 0.430 e. The van der Waals surface area contributed by atoms with Crippen molar-refractivity contribution in [2.24, 2.45) is 0 Å². The summed E-state index contributed by atoms with van der Waals surface area (Å²) in [6.45, 7) is 2.55. The smallest absolute Gasteiger partial charge is 0.430 e. The highest BCUT2D eigenvalue weighted by atomic mass is 19.4. The normalized spacial score (nSPS) is 15.5. The summed E-state index contributed by atoms with van der Waals surface area (Å²) in [6.07, 6.45) is -8.80. The maximum absolute atomic E-state index is 12.2. The van der Waals surface area contributed by atoms with Crippen LogP contribution in [0.1, 0.15) is 6.42 Å². The predicted molar refractivity (Wildman–Crippen MR) is 42.7 cm³/mol. The molecule has 2 unspecified atom stereocenters. The van der Waals surface area contributed by atoms with E-state index in [0.29, 0.717) is 0 Å². The van der Waals surface area contributed by atoms with Crippen molar-refractivity contribution in [3.63, 3.8) is 0 Å². The van der Waals surface area contributed by atoms with E-state index in [1.54, 1.807) is 0 Å². The molecule has 0 bridgehead atoms. The number of carbonyl (C=O) groups excluding carboxylic acids is 1. The number of ether oxygens (including phenoxy) is 1. The lowest BCUT2D eigenvalue weighted by molar-refractivity contribution is -0.202. The number of carbonyl (C=O) groups is 1. The fourth-order valence-corrected chi connectivity index (χ4v) is 0.646. The molecule has 0 rings (SSSR count). The second kappa shape index (κ2) is 5.69. The zero-order chi connectivity index (χ0) is 12.1. The molecule has 0 aromatic heterocycles. The topological polar surface area (TPSA) is 46.5 Å². The van der Waals surface area contributed by atoms with E-state index in [0.717, 1.165) is 0 Å². The molecule has 0 saturated heterocycles. The third-order valence-electron chi connectivity index (χ3n) is 1.35. The fraction of sp³-hybridized carbons (Fsp3) is 0.625. The quantitative estimate of drug-likeness (QED) is 0.440. The van der Waals surface area contributed by atoms with Crippen LogP contribution in [0.2, 0.25) is 0 Å². The average molecular weight is 230 g/mol. The molecule has 0 aliphatic heterocycles. The lowest BCUT2D eigenvalue weighted by atomic mass is 10.3. The van der Waals surface area contributed by atoms with E-state index in [1.807, 2.05) is 0 Å². The van der Waals surface area contributed by atoms with Crippen LogP contribution in [0, 0.1) is 0 Å². The highest BCUT2D eigenvalue weighted by Crippen LogP contribution is 2.23. The van der Waals surface area contributed by atoms with Crippen LogP contribution in [0.25, 0.3) is 0 Å². The molecule has 0 aromatic rings. The van der Waals surface area contributed by atoms with Gasteiger partial charge in [-0.25, -0.2) is 9.18 Å². The third kappa shape index (κ3) is 5.36. The number of aliphatic hydroxyl groups excluding tert-OH is 1. The van der Waals surface area contributed by atoms with Gasteiger partial charge in [0.05, 0.1) is 6.10 Å². The molecule has 7 heteroatoms. The van der Waals surface area contributed by atoms with Crippen LogP contribution in [0.5, 0.6) is 0 Å². The number of alkyl halides is 4. The van der Waals surface area contributed by atoms with E-state index >= 15 is 0 Å². The van der Waals surface area contributed by atoms with Crippen molar-refractivity contribution in [2.45, 2.75) is 24.9 Å². The molecule has 0 aliphatic carbocycles. The first-order valence-corrected chi connectivity index (χ1v) is 3.95. The van der Waals surface area contributed by atoms with Gasteiger partial charge in [0.15, 0.2) is 0 Å². The first kappa shape index (κ1) is 13.9. The molecular formula is C8H10F4O3. The Morgan fingerprint density at radius 2 is 2.07 bits per heavy atom. The first-order valence-electron chi connectivity index (χ1n) is 3.95. The van der Waals surface area contributed by atoms with Crippen LogP contribution >= 0.6 is 0 Å². The molecule has 0 amide bonds. The fourth-order valence-electron chi connectivity index (χ4n) is 0.646. The Morgan fingerprint density at radius 1 is 1.53 bits per heavy atom. The summed E-state index contributed by atoms with van der Waals surface area (Å²) in [5.74, 6) is -2.05. The minimum atomic E-state index is -5.28. The minimum Gasteiger partial charge on any atom is -0.461 e. The molecule has 0 aliphatic rings. The van der Waals surface area contributed by atoms with Crippen molar-refractivity contribution < 1.29 is 32.2 Å². The molecule has 0 aromatic carbocycles. The summed E-state index contributed by atoms with van der Waals surface area (Å²) in [5, 5.41) is 8.93. The van der Waals surface area contributed by atoms with Gasteiger partial charge in [0.25, 0.3) is 6.17 Å². The molecule has 0 fully saturated rings. The Morgan fingerprint density at radius 3 is 2.47 bits per heavy atom. The van der Waals surface area contributed by atoms with Gasteiger partial charge in [-0.2, -0.15) is 13.2 Å². The van der Waals surface area contributed by atoms with E-state index in [4.69, 9.17) is 5.11 Å². The van der Waals surface area contributed by atoms with Gasteiger partial charge >= 0.3 is 12.1 Å². The summed E-state index contributed by atoms with van der Waals surface area (Å²) in [4.78, 5) is 10.4. The minimum absolute atomic E-state index is 0.0379. The molecular weight excluding hydrogens is 220 g/mol. The molecule has 0 heterocycles. The van der Waals surface area contributed by atoms with E-state index in [2.05, 4.69) is 11.3 Å². The third-order valence-corrected chi connectivity index (χ3v) is 1.35. The molecule has 0 saturated carbocycles. The van der Waals surface area contributed by atoms with E-state index in [1.165, 1.54) is 6.08 Å². The Hall–Kier alpha value is -1.11. The Labute approximate surface area is 83.3 Å². The van der Waals surface area contributed by atoms with Gasteiger partial charge in [-0.3, -0.25) is 0 Å². The highest BCUT2D eigenvalue weighted by Gasteiger charge is 2.46. The van der Waals surface area contributed by atoms with E-state index in [-0.39, 0.29) is 6.42 Å². The van der Waals surface area contributed by atoms with Crippen molar-refractivity contribution >= 4 is 5.97 Å². The lowest BCUT2D eigenvalue weighted by Gasteiger charge is -2.13. The van der Waals surface area contributed by atoms with Gasteiger partial charge in [-0.15, -0.1) is 6.58 Å². The average Bonchev–Trinajstić information content (AvgIpc) is 2.12. The zero-order valence-electron chi connectivity index (χ0n) is 7.63. The monoisotopic (exact) mass is 230 g/mol. The number of esters is 1. The van der Waals surface area contributed by atoms with Crippen LogP contribution < -0.4 is 0 Å². The Bertz CT molecular complexity index is 226. The summed E-state index contributed by atoms with van der Waals surface area (Å²) >= 11 is 0. The number of hydrogen-bond donors (Lipinski definition) is 1. The molecule has 15 heavy (non-hydrogen) atoms. The predicted octanol–water partition coefficient (Wildman–Crippen LogP) is 1.37. The van der Waals surface area contributed by atoms with Crippen molar-refractivity contribution in [1.29, 1.82) is 0 Å². The van der Waals surface area contributed by atoms with Crippen molar-refractivity contribution in [1.82, 2.24) is 0 Å².